The molecule has 0 aromatic heterocycles. The van der Waals surface area contributed by atoms with Crippen molar-refractivity contribution < 1.29 is 9.53 Å². The fourth-order valence-corrected chi connectivity index (χ4v) is 5.65. The van der Waals surface area contributed by atoms with Crippen molar-refractivity contribution >= 4 is 27.9 Å². The molecule has 33 heavy (non-hydrogen) atoms. The largest absolute Gasteiger partial charge is 0.493 e. The highest BCUT2D eigenvalue weighted by Crippen LogP contribution is 2.49. The van der Waals surface area contributed by atoms with E-state index >= 15 is 0 Å². The van der Waals surface area contributed by atoms with Gasteiger partial charge in [-0.3, -0.25) is 4.79 Å². The molecule has 2 atom stereocenters. The number of benzene rings is 2. The highest BCUT2D eigenvalue weighted by Gasteiger charge is 2.47. The van der Waals surface area contributed by atoms with Crippen molar-refractivity contribution in [2.75, 3.05) is 25.5 Å². The van der Waals surface area contributed by atoms with E-state index in [1.54, 1.807) is 0 Å². The van der Waals surface area contributed by atoms with Crippen LogP contribution in [0.15, 0.2) is 36.9 Å². The van der Waals surface area contributed by atoms with E-state index < -0.39 is 0 Å². The normalized spacial score (nSPS) is 21.7. The van der Waals surface area contributed by atoms with Gasteiger partial charge in [0.15, 0.2) is 0 Å². The van der Waals surface area contributed by atoms with Crippen LogP contribution in [0.25, 0.3) is 6.08 Å². The second-order valence-corrected chi connectivity index (χ2v) is 10.3. The number of carbonyl (C=O) groups excluding carboxylic acids is 1. The van der Waals surface area contributed by atoms with Crippen LogP contribution >= 0.6 is 0 Å². The number of hydrogen-bond donors (Lipinski definition) is 2. The Morgan fingerprint density at radius 2 is 2.18 bits per heavy atom. The van der Waals surface area contributed by atoms with Crippen molar-refractivity contribution in [3.8, 4) is 5.75 Å². The predicted molar refractivity (Wildman–Crippen MR) is 134 cm³/mol. The van der Waals surface area contributed by atoms with E-state index in [1.165, 1.54) is 16.8 Å². The van der Waals surface area contributed by atoms with Crippen molar-refractivity contribution in [2.45, 2.75) is 56.3 Å². The number of hydrogen-bond acceptors (Lipinski definition) is 4. The molecule has 1 amide bonds. The van der Waals surface area contributed by atoms with Crippen LogP contribution in [-0.4, -0.2) is 53.0 Å². The molecule has 2 aromatic rings. The van der Waals surface area contributed by atoms with Gasteiger partial charge in [0.25, 0.3) is 5.91 Å². The van der Waals surface area contributed by atoms with Crippen LogP contribution in [0.3, 0.4) is 0 Å². The van der Waals surface area contributed by atoms with Gasteiger partial charge in [-0.25, -0.2) is 0 Å². The first-order valence-electron chi connectivity index (χ1n) is 11.9. The summed E-state index contributed by atoms with van der Waals surface area (Å²) in [4.78, 5) is 15.8. The Bertz CT molecular complexity index is 1100. The van der Waals surface area contributed by atoms with Crippen LogP contribution in [0.4, 0.5) is 5.69 Å². The van der Waals surface area contributed by atoms with Crippen LogP contribution in [0.2, 0.25) is 0 Å². The molecule has 2 aliphatic heterocycles. The van der Waals surface area contributed by atoms with Crippen molar-refractivity contribution in [1.82, 2.24) is 10.2 Å². The second kappa shape index (κ2) is 8.65. The standard InChI is InChI=1S/C27H32N3O2Si/c1-4-18-14-22(20-6-5-12-28-23(20)15-18)27(10-11-27)29-25(31)21-16-19(8-7-17(21)2)32-26(33)24-9-13-30(24)3/h4,7-8,14-16,24,26,28H,1,5-6,9-13H2,2-3H3,(H,29,31)/t24-,26-/m0/s1. The van der Waals surface area contributed by atoms with Gasteiger partial charge in [-0.05, 0) is 99.1 Å². The molecule has 6 heteroatoms. The molecule has 0 spiro atoms. The van der Waals surface area contributed by atoms with Crippen molar-refractivity contribution in [3.63, 3.8) is 0 Å². The van der Waals surface area contributed by atoms with E-state index in [1.807, 2.05) is 31.2 Å². The van der Waals surface area contributed by atoms with Gasteiger partial charge < -0.3 is 20.3 Å². The van der Waals surface area contributed by atoms with Gasteiger partial charge in [-0.15, -0.1) is 0 Å². The van der Waals surface area contributed by atoms with Gasteiger partial charge >= 0.3 is 0 Å². The number of carbonyl (C=O) groups is 1. The molecule has 3 radical (unpaired) electrons. The fraction of sp³-hybridized carbons (Fsp3) is 0.444. The molecule has 1 saturated heterocycles. The number of nitrogens with one attached hydrogen (secondary N) is 2. The summed E-state index contributed by atoms with van der Waals surface area (Å²) in [6, 6.07) is 10.5. The number of amides is 1. The summed E-state index contributed by atoms with van der Waals surface area (Å²) in [7, 11) is 5.83. The molecule has 2 heterocycles. The number of aryl methyl sites for hydroxylation is 1. The number of likely N-dealkylation sites (tertiary alicyclic amines) is 1. The number of nitrogens with zero attached hydrogens (tertiary/aromatic N) is 1. The van der Waals surface area contributed by atoms with Gasteiger partial charge in [0.05, 0.1) is 21.5 Å². The summed E-state index contributed by atoms with van der Waals surface area (Å²) < 4.78 is 6.14. The van der Waals surface area contributed by atoms with Gasteiger partial charge in [0.1, 0.15) is 5.75 Å². The Kier molecular flexibility index (Phi) is 5.83. The number of anilines is 1. The summed E-state index contributed by atoms with van der Waals surface area (Å²) in [6.45, 7) is 8.03. The average Bonchev–Trinajstić information content (AvgIpc) is 3.58. The Morgan fingerprint density at radius 1 is 1.36 bits per heavy atom. The first-order valence-corrected chi connectivity index (χ1v) is 12.5. The maximum Gasteiger partial charge on any atom is 0.252 e. The molecule has 3 aliphatic rings. The van der Waals surface area contributed by atoms with E-state index in [-0.39, 0.29) is 17.2 Å². The number of fused-ring (bicyclic) bond motifs is 1. The van der Waals surface area contributed by atoms with Crippen molar-refractivity contribution in [3.05, 3.63) is 64.7 Å². The summed E-state index contributed by atoms with van der Waals surface area (Å²) in [6.07, 6.45) is 7.06. The second-order valence-electron chi connectivity index (χ2n) is 9.72. The average molecular weight is 459 g/mol. The number of likely N-dealkylation sites (N-methyl/N-ethyl adjacent to an activating group) is 1. The quantitative estimate of drug-likeness (QED) is 0.616. The number of rotatable bonds is 7. The smallest absolute Gasteiger partial charge is 0.252 e. The maximum atomic E-state index is 13.5. The Labute approximate surface area is 200 Å². The van der Waals surface area contributed by atoms with Gasteiger partial charge in [0.2, 0.25) is 0 Å². The van der Waals surface area contributed by atoms with Gasteiger partial charge in [0, 0.05) is 23.8 Å². The zero-order valence-electron chi connectivity index (χ0n) is 19.5. The third-order valence-electron chi connectivity index (χ3n) is 7.46. The summed E-state index contributed by atoms with van der Waals surface area (Å²) >= 11 is 0. The summed E-state index contributed by atoms with van der Waals surface area (Å²) in [5.41, 5.74) is 6.09. The van der Waals surface area contributed by atoms with Crippen LogP contribution in [0.5, 0.6) is 5.75 Å². The highest BCUT2D eigenvalue weighted by molar-refractivity contribution is 6.11. The molecule has 5 rings (SSSR count). The molecular weight excluding hydrogens is 426 g/mol. The van der Waals surface area contributed by atoms with E-state index in [0.717, 1.165) is 56.3 Å². The lowest BCUT2D eigenvalue weighted by Crippen LogP contribution is -2.53. The molecular formula is C27H32N3O2Si. The topological polar surface area (TPSA) is 53.6 Å². The van der Waals surface area contributed by atoms with Gasteiger partial charge in [-0.1, -0.05) is 18.7 Å². The monoisotopic (exact) mass is 458 g/mol. The lowest BCUT2D eigenvalue weighted by atomic mass is 9.89. The molecule has 2 fully saturated rings. The van der Waals surface area contributed by atoms with Crippen LogP contribution in [0, 0.1) is 6.92 Å². The fourth-order valence-electron chi connectivity index (χ4n) is 5.09. The third kappa shape index (κ3) is 4.22. The number of ether oxygens (including phenoxy) is 1. The third-order valence-corrected chi connectivity index (χ3v) is 7.96. The van der Waals surface area contributed by atoms with Crippen LogP contribution in [-0.2, 0) is 12.0 Å². The SMILES string of the molecule is C=Cc1cc2c(c(C3(NC(=O)c4cc(O[C@@H]([Si])[C@@H]5CCN5C)ccc4C)CC3)c1)CCCN2. The van der Waals surface area contributed by atoms with E-state index in [2.05, 4.69) is 51.5 Å². The summed E-state index contributed by atoms with van der Waals surface area (Å²) in [5, 5.41) is 6.93. The summed E-state index contributed by atoms with van der Waals surface area (Å²) in [5.74, 6) is 0.675. The lowest BCUT2D eigenvalue weighted by molar-refractivity contribution is 0.0562. The lowest BCUT2D eigenvalue weighted by Gasteiger charge is -2.41. The minimum absolute atomic E-state index is 0.0387. The zero-order valence-corrected chi connectivity index (χ0v) is 20.5. The van der Waals surface area contributed by atoms with E-state index in [9.17, 15) is 4.79 Å². The molecule has 0 bridgehead atoms. The maximum absolute atomic E-state index is 13.5. The van der Waals surface area contributed by atoms with Gasteiger partial charge in [-0.2, -0.15) is 0 Å². The van der Waals surface area contributed by atoms with E-state index in [0.29, 0.717) is 17.4 Å². The van der Waals surface area contributed by atoms with Crippen molar-refractivity contribution in [1.29, 1.82) is 0 Å². The molecule has 1 saturated carbocycles. The predicted octanol–water partition coefficient (Wildman–Crippen LogP) is 3.99. The first kappa shape index (κ1) is 22.2. The molecule has 1 aliphatic carbocycles. The van der Waals surface area contributed by atoms with E-state index in [4.69, 9.17) is 4.74 Å². The minimum Gasteiger partial charge on any atom is -0.493 e. The first-order chi connectivity index (χ1) is 15.9. The molecule has 2 N–H and O–H groups in total. The highest BCUT2D eigenvalue weighted by atomic mass is 28.1. The Hall–Kier alpha value is -2.57. The van der Waals surface area contributed by atoms with Crippen LogP contribution in [0.1, 0.15) is 58.3 Å². The molecule has 2 aromatic carbocycles. The molecule has 5 nitrogen and oxygen atoms in total. The van der Waals surface area contributed by atoms with Crippen LogP contribution < -0.4 is 15.4 Å². The Morgan fingerprint density at radius 3 is 2.85 bits per heavy atom. The van der Waals surface area contributed by atoms with Crippen molar-refractivity contribution in [2.24, 2.45) is 0 Å². The Balaban J connectivity index is 1.38. The zero-order chi connectivity index (χ0) is 23.2. The minimum atomic E-state index is -0.297. The molecule has 171 valence electrons. The molecule has 0 unspecified atom stereocenters.